The third kappa shape index (κ3) is 1.71. The Bertz CT molecular complexity index is 375. The molecule has 0 aromatic heterocycles. The number of nitrogens with zero attached hydrogens (tertiary/aromatic N) is 1. The SMILES string of the molecule is CN1CC2CCCC(C1)C2(O)c1ccccc1. The van der Waals surface area contributed by atoms with E-state index in [1.807, 2.05) is 18.2 Å². The molecule has 0 amide bonds. The first kappa shape index (κ1) is 11.2. The molecule has 2 unspecified atom stereocenters. The van der Waals surface area contributed by atoms with Gasteiger partial charge in [-0.3, -0.25) is 0 Å². The monoisotopic (exact) mass is 231 g/mol. The van der Waals surface area contributed by atoms with Crippen molar-refractivity contribution >= 4 is 0 Å². The predicted octanol–water partition coefficient (Wildman–Crippen LogP) is 2.24. The Hall–Kier alpha value is -0.860. The Labute approximate surface area is 103 Å². The summed E-state index contributed by atoms with van der Waals surface area (Å²) in [5, 5.41) is 11.2. The van der Waals surface area contributed by atoms with E-state index in [9.17, 15) is 5.11 Å². The summed E-state index contributed by atoms with van der Waals surface area (Å²) in [4.78, 5) is 2.38. The van der Waals surface area contributed by atoms with E-state index in [1.54, 1.807) is 0 Å². The first-order valence-electron chi connectivity index (χ1n) is 6.67. The van der Waals surface area contributed by atoms with Crippen LogP contribution >= 0.6 is 0 Å². The Morgan fingerprint density at radius 2 is 1.71 bits per heavy atom. The number of benzene rings is 1. The zero-order chi connectivity index (χ0) is 11.9. The Balaban J connectivity index is 2.00. The maximum Gasteiger partial charge on any atom is 0.0976 e. The van der Waals surface area contributed by atoms with Crippen LogP contribution in [0.25, 0.3) is 0 Å². The smallest absolute Gasteiger partial charge is 0.0976 e. The number of likely N-dealkylation sites (tertiary alicyclic amines) is 1. The van der Waals surface area contributed by atoms with Crippen LogP contribution in [-0.2, 0) is 5.60 Å². The summed E-state index contributed by atoms with van der Waals surface area (Å²) < 4.78 is 0. The van der Waals surface area contributed by atoms with Gasteiger partial charge in [0.05, 0.1) is 5.60 Å². The van der Waals surface area contributed by atoms with Crippen molar-refractivity contribution in [1.29, 1.82) is 0 Å². The second-order valence-electron chi connectivity index (χ2n) is 5.74. The molecule has 17 heavy (non-hydrogen) atoms. The van der Waals surface area contributed by atoms with Crippen molar-refractivity contribution in [2.45, 2.75) is 24.9 Å². The summed E-state index contributed by atoms with van der Waals surface area (Å²) in [5.41, 5.74) is 0.550. The molecule has 2 aliphatic rings. The van der Waals surface area contributed by atoms with E-state index in [0.717, 1.165) is 31.5 Å². The van der Waals surface area contributed by atoms with Crippen LogP contribution in [-0.4, -0.2) is 30.1 Å². The molecule has 2 heteroatoms. The minimum absolute atomic E-state index is 0.405. The lowest BCUT2D eigenvalue weighted by molar-refractivity contribution is -0.142. The van der Waals surface area contributed by atoms with Crippen LogP contribution in [0, 0.1) is 11.8 Å². The van der Waals surface area contributed by atoms with Crippen LogP contribution in [0.2, 0.25) is 0 Å². The molecule has 1 aromatic carbocycles. The molecule has 0 spiro atoms. The van der Waals surface area contributed by atoms with Gasteiger partial charge in [-0.15, -0.1) is 0 Å². The normalized spacial score (nSPS) is 38.0. The summed E-state index contributed by atoms with van der Waals surface area (Å²) >= 11 is 0. The van der Waals surface area contributed by atoms with Gasteiger partial charge in [-0.25, -0.2) is 0 Å². The van der Waals surface area contributed by atoms with E-state index in [4.69, 9.17) is 0 Å². The van der Waals surface area contributed by atoms with Crippen molar-refractivity contribution in [1.82, 2.24) is 4.90 Å². The first-order chi connectivity index (χ1) is 8.21. The maximum absolute atomic E-state index is 11.2. The lowest BCUT2D eigenvalue weighted by Gasteiger charge is -2.52. The van der Waals surface area contributed by atoms with Gasteiger partial charge in [0.1, 0.15) is 0 Å². The molecule has 2 nitrogen and oxygen atoms in total. The topological polar surface area (TPSA) is 23.5 Å². The third-order valence-electron chi connectivity index (χ3n) is 4.65. The van der Waals surface area contributed by atoms with Gasteiger partial charge in [0.2, 0.25) is 0 Å². The Morgan fingerprint density at radius 3 is 2.29 bits per heavy atom. The molecule has 1 aliphatic heterocycles. The molecule has 1 N–H and O–H groups in total. The Morgan fingerprint density at radius 1 is 1.12 bits per heavy atom. The van der Waals surface area contributed by atoms with Gasteiger partial charge >= 0.3 is 0 Å². The highest BCUT2D eigenvalue weighted by molar-refractivity contribution is 5.26. The second-order valence-corrected chi connectivity index (χ2v) is 5.74. The molecule has 1 heterocycles. The molecule has 92 valence electrons. The maximum atomic E-state index is 11.2. The minimum Gasteiger partial charge on any atom is -0.384 e. The quantitative estimate of drug-likeness (QED) is 0.801. The van der Waals surface area contributed by atoms with Gasteiger partial charge in [-0.2, -0.15) is 0 Å². The fourth-order valence-electron chi connectivity index (χ4n) is 3.85. The van der Waals surface area contributed by atoms with Crippen LogP contribution < -0.4 is 0 Å². The molecule has 1 aliphatic carbocycles. The molecule has 1 aromatic rings. The zero-order valence-corrected chi connectivity index (χ0v) is 10.5. The lowest BCUT2D eigenvalue weighted by Crippen LogP contribution is -2.57. The van der Waals surface area contributed by atoms with Gasteiger partial charge in [-0.1, -0.05) is 36.8 Å². The third-order valence-corrected chi connectivity index (χ3v) is 4.65. The van der Waals surface area contributed by atoms with Crippen LogP contribution in [0.4, 0.5) is 0 Å². The summed E-state index contributed by atoms with van der Waals surface area (Å²) in [6.45, 7) is 2.06. The van der Waals surface area contributed by atoms with Crippen molar-refractivity contribution in [2.75, 3.05) is 20.1 Å². The summed E-state index contributed by atoms with van der Waals surface area (Å²) in [6.07, 6.45) is 3.59. The van der Waals surface area contributed by atoms with Crippen molar-refractivity contribution in [2.24, 2.45) is 11.8 Å². The highest BCUT2D eigenvalue weighted by Crippen LogP contribution is 2.48. The van der Waals surface area contributed by atoms with E-state index in [1.165, 1.54) is 6.42 Å². The van der Waals surface area contributed by atoms with Gasteiger partial charge in [0, 0.05) is 24.9 Å². The van der Waals surface area contributed by atoms with Crippen LogP contribution in [0.5, 0.6) is 0 Å². The highest BCUT2D eigenvalue weighted by Gasteiger charge is 2.50. The number of fused-ring (bicyclic) bond motifs is 2. The van der Waals surface area contributed by atoms with Crippen molar-refractivity contribution in [3.05, 3.63) is 35.9 Å². The van der Waals surface area contributed by atoms with E-state index in [0.29, 0.717) is 11.8 Å². The van der Waals surface area contributed by atoms with E-state index < -0.39 is 5.60 Å². The van der Waals surface area contributed by atoms with Crippen LogP contribution in [0.15, 0.2) is 30.3 Å². The van der Waals surface area contributed by atoms with E-state index >= 15 is 0 Å². The predicted molar refractivity (Wildman–Crippen MR) is 68.7 cm³/mol. The minimum atomic E-state index is -0.577. The number of rotatable bonds is 1. The molecule has 2 bridgehead atoms. The van der Waals surface area contributed by atoms with Gasteiger partial charge in [0.25, 0.3) is 0 Å². The first-order valence-corrected chi connectivity index (χ1v) is 6.67. The number of hydrogen-bond acceptors (Lipinski definition) is 2. The molecule has 2 atom stereocenters. The van der Waals surface area contributed by atoms with E-state index in [-0.39, 0.29) is 0 Å². The highest BCUT2D eigenvalue weighted by atomic mass is 16.3. The number of hydrogen-bond donors (Lipinski definition) is 1. The summed E-state index contributed by atoms with van der Waals surface area (Å²) in [7, 11) is 2.18. The largest absolute Gasteiger partial charge is 0.384 e. The number of piperidine rings is 1. The molecule has 0 radical (unpaired) electrons. The lowest BCUT2D eigenvalue weighted by atomic mass is 9.63. The van der Waals surface area contributed by atoms with Crippen LogP contribution in [0.3, 0.4) is 0 Å². The fraction of sp³-hybridized carbons (Fsp3) is 0.600. The van der Waals surface area contributed by atoms with E-state index in [2.05, 4.69) is 24.1 Å². The van der Waals surface area contributed by atoms with Gasteiger partial charge in [-0.05, 0) is 25.5 Å². The average molecular weight is 231 g/mol. The Kier molecular flexibility index (Phi) is 2.72. The fourth-order valence-corrected chi connectivity index (χ4v) is 3.85. The average Bonchev–Trinajstić information content (AvgIpc) is 2.32. The van der Waals surface area contributed by atoms with Gasteiger partial charge < -0.3 is 10.0 Å². The molecule has 1 saturated carbocycles. The standard InChI is InChI=1S/C15H21NO/c1-16-10-13-8-5-9-14(11-16)15(13,17)12-6-3-2-4-7-12/h2-4,6-7,13-14,17H,5,8-11H2,1H3. The van der Waals surface area contributed by atoms with Crippen molar-refractivity contribution in [3.8, 4) is 0 Å². The molecule has 1 saturated heterocycles. The number of aliphatic hydroxyl groups is 1. The van der Waals surface area contributed by atoms with Gasteiger partial charge in [0.15, 0.2) is 0 Å². The molecular weight excluding hydrogens is 210 g/mol. The molecule has 2 fully saturated rings. The molecule has 3 rings (SSSR count). The van der Waals surface area contributed by atoms with Crippen molar-refractivity contribution < 1.29 is 5.11 Å². The van der Waals surface area contributed by atoms with Crippen LogP contribution in [0.1, 0.15) is 24.8 Å². The zero-order valence-electron chi connectivity index (χ0n) is 10.5. The summed E-state index contributed by atoms with van der Waals surface area (Å²) in [5.74, 6) is 0.810. The van der Waals surface area contributed by atoms with Crippen molar-refractivity contribution in [3.63, 3.8) is 0 Å². The summed E-state index contributed by atoms with van der Waals surface area (Å²) in [6, 6.07) is 10.3. The second kappa shape index (κ2) is 4.11. The molecular formula is C15H21NO.